The first-order valence-corrected chi connectivity index (χ1v) is 7.60. The monoisotopic (exact) mass is 309 g/mol. The summed E-state index contributed by atoms with van der Waals surface area (Å²) in [4.78, 5) is 17.0. The number of nitrogens with one attached hydrogen (secondary N) is 1. The summed E-state index contributed by atoms with van der Waals surface area (Å²) >= 11 is 0. The van der Waals surface area contributed by atoms with Gasteiger partial charge in [-0.05, 0) is 31.2 Å². The van der Waals surface area contributed by atoms with Crippen LogP contribution in [0, 0.1) is 0 Å². The highest BCUT2D eigenvalue weighted by atomic mass is 16.5. The summed E-state index contributed by atoms with van der Waals surface area (Å²) in [6, 6.07) is 15.2. The summed E-state index contributed by atoms with van der Waals surface area (Å²) < 4.78 is 7.34. The molecule has 0 saturated carbocycles. The number of hydrogen-bond acceptors (Lipinski definition) is 3. The minimum atomic E-state index is -0.169. The standard InChI is InChI=1S/C18H19N3O2/c1-3-21-15-10-6-5-9-14(15)20-17(21)12-19-18(22)13-8-4-7-11-16(13)23-2/h4-11H,3,12H2,1-2H3,(H,19,22). The van der Waals surface area contributed by atoms with E-state index in [1.807, 2.05) is 36.4 Å². The molecule has 0 radical (unpaired) electrons. The minimum absolute atomic E-state index is 0.169. The van der Waals surface area contributed by atoms with Crippen LogP contribution in [-0.2, 0) is 13.1 Å². The van der Waals surface area contributed by atoms with Gasteiger partial charge < -0.3 is 14.6 Å². The van der Waals surface area contributed by atoms with Crippen molar-refractivity contribution in [3.63, 3.8) is 0 Å². The van der Waals surface area contributed by atoms with Crippen molar-refractivity contribution < 1.29 is 9.53 Å². The van der Waals surface area contributed by atoms with Gasteiger partial charge in [-0.15, -0.1) is 0 Å². The molecule has 0 bridgehead atoms. The van der Waals surface area contributed by atoms with Crippen molar-refractivity contribution in [2.75, 3.05) is 7.11 Å². The van der Waals surface area contributed by atoms with Crippen LogP contribution in [0.3, 0.4) is 0 Å². The second-order valence-electron chi connectivity index (χ2n) is 5.14. The molecule has 1 amide bonds. The lowest BCUT2D eigenvalue weighted by Crippen LogP contribution is -2.25. The van der Waals surface area contributed by atoms with Crippen LogP contribution >= 0.6 is 0 Å². The maximum absolute atomic E-state index is 12.4. The third kappa shape index (κ3) is 2.90. The van der Waals surface area contributed by atoms with Gasteiger partial charge in [0.2, 0.25) is 0 Å². The Morgan fingerprint density at radius 3 is 2.70 bits per heavy atom. The van der Waals surface area contributed by atoms with Gasteiger partial charge in [-0.25, -0.2) is 4.98 Å². The van der Waals surface area contributed by atoms with Crippen LogP contribution in [0.2, 0.25) is 0 Å². The Kier molecular flexibility index (Phi) is 4.28. The van der Waals surface area contributed by atoms with Gasteiger partial charge in [-0.2, -0.15) is 0 Å². The number of imidazole rings is 1. The number of amides is 1. The third-order valence-corrected chi connectivity index (χ3v) is 3.81. The van der Waals surface area contributed by atoms with E-state index in [9.17, 15) is 4.79 Å². The highest BCUT2D eigenvalue weighted by Crippen LogP contribution is 2.18. The van der Waals surface area contributed by atoms with Gasteiger partial charge in [0.05, 0.1) is 30.3 Å². The second kappa shape index (κ2) is 6.52. The molecule has 3 rings (SSSR count). The topological polar surface area (TPSA) is 56.2 Å². The van der Waals surface area contributed by atoms with E-state index in [1.54, 1.807) is 19.2 Å². The van der Waals surface area contributed by atoms with Gasteiger partial charge in [-0.3, -0.25) is 4.79 Å². The minimum Gasteiger partial charge on any atom is -0.496 e. The van der Waals surface area contributed by atoms with Crippen molar-refractivity contribution in [2.24, 2.45) is 0 Å². The molecule has 2 aromatic carbocycles. The molecule has 0 unspecified atom stereocenters. The predicted molar refractivity (Wildman–Crippen MR) is 89.6 cm³/mol. The number of carbonyl (C=O) groups is 1. The van der Waals surface area contributed by atoms with Crippen LogP contribution in [0.4, 0.5) is 0 Å². The molecule has 23 heavy (non-hydrogen) atoms. The molecule has 0 atom stereocenters. The van der Waals surface area contributed by atoms with Gasteiger partial charge >= 0.3 is 0 Å². The number of hydrogen-bond donors (Lipinski definition) is 1. The average Bonchev–Trinajstić information content (AvgIpc) is 2.97. The molecule has 0 aliphatic carbocycles. The van der Waals surface area contributed by atoms with Gasteiger partial charge in [0.25, 0.3) is 5.91 Å². The lowest BCUT2D eigenvalue weighted by atomic mass is 10.2. The Morgan fingerprint density at radius 1 is 1.17 bits per heavy atom. The van der Waals surface area contributed by atoms with E-state index < -0.39 is 0 Å². The normalized spacial score (nSPS) is 10.7. The molecule has 0 fully saturated rings. The molecule has 0 aliphatic heterocycles. The van der Waals surface area contributed by atoms with Gasteiger partial charge in [0, 0.05) is 6.54 Å². The smallest absolute Gasteiger partial charge is 0.255 e. The van der Waals surface area contributed by atoms with E-state index in [0.717, 1.165) is 23.4 Å². The van der Waals surface area contributed by atoms with Crippen molar-refractivity contribution in [3.05, 3.63) is 59.9 Å². The highest BCUT2D eigenvalue weighted by molar-refractivity contribution is 5.96. The quantitative estimate of drug-likeness (QED) is 0.788. The van der Waals surface area contributed by atoms with Crippen molar-refractivity contribution in [1.82, 2.24) is 14.9 Å². The summed E-state index contributed by atoms with van der Waals surface area (Å²) in [7, 11) is 1.56. The number of benzene rings is 2. The third-order valence-electron chi connectivity index (χ3n) is 3.81. The fourth-order valence-corrected chi connectivity index (χ4v) is 2.70. The first-order valence-electron chi connectivity index (χ1n) is 7.60. The highest BCUT2D eigenvalue weighted by Gasteiger charge is 2.13. The Bertz CT molecular complexity index is 839. The molecule has 118 valence electrons. The van der Waals surface area contributed by atoms with Crippen LogP contribution in [0.1, 0.15) is 23.1 Å². The van der Waals surface area contributed by atoms with Crippen LogP contribution in [0.5, 0.6) is 5.75 Å². The molecule has 5 heteroatoms. The Hall–Kier alpha value is -2.82. The summed E-state index contributed by atoms with van der Waals surface area (Å²) in [5, 5.41) is 2.92. The summed E-state index contributed by atoms with van der Waals surface area (Å²) in [5.74, 6) is 1.24. The summed E-state index contributed by atoms with van der Waals surface area (Å²) in [5.41, 5.74) is 2.54. The van der Waals surface area contributed by atoms with E-state index >= 15 is 0 Å². The number of nitrogens with zero attached hydrogens (tertiary/aromatic N) is 2. The fraction of sp³-hybridized carbons (Fsp3) is 0.222. The second-order valence-corrected chi connectivity index (χ2v) is 5.14. The summed E-state index contributed by atoms with van der Waals surface area (Å²) in [6.07, 6.45) is 0. The lowest BCUT2D eigenvalue weighted by Gasteiger charge is -2.10. The Labute approximate surface area is 134 Å². The van der Waals surface area contributed by atoms with E-state index in [-0.39, 0.29) is 5.91 Å². The molecule has 5 nitrogen and oxygen atoms in total. The molecule has 1 aromatic heterocycles. The van der Waals surface area contributed by atoms with Gasteiger partial charge in [-0.1, -0.05) is 24.3 Å². The van der Waals surface area contributed by atoms with E-state index in [4.69, 9.17) is 4.74 Å². The number of methoxy groups -OCH3 is 1. The number of fused-ring (bicyclic) bond motifs is 1. The number of carbonyl (C=O) groups excluding carboxylic acids is 1. The first kappa shape index (κ1) is 15.1. The van der Waals surface area contributed by atoms with E-state index in [1.165, 1.54) is 0 Å². The van der Waals surface area contributed by atoms with Crippen molar-refractivity contribution in [2.45, 2.75) is 20.0 Å². The van der Waals surface area contributed by atoms with E-state index in [0.29, 0.717) is 17.9 Å². The van der Waals surface area contributed by atoms with Crippen LogP contribution in [-0.4, -0.2) is 22.6 Å². The SMILES string of the molecule is CCn1c(CNC(=O)c2ccccc2OC)nc2ccccc21. The van der Waals surface area contributed by atoms with Gasteiger partial charge in [0.1, 0.15) is 11.6 Å². The maximum Gasteiger partial charge on any atom is 0.255 e. The molecule has 0 spiro atoms. The zero-order valence-electron chi connectivity index (χ0n) is 13.2. The zero-order valence-corrected chi connectivity index (χ0v) is 13.2. The largest absolute Gasteiger partial charge is 0.496 e. The lowest BCUT2D eigenvalue weighted by molar-refractivity contribution is 0.0946. The first-order chi connectivity index (χ1) is 11.2. The van der Waals surface area contributed by atoms with E-state index in [2.05, 4.69) is 21.8 Å². The molecule has 0 saturated heterocycles. The molecule has 1 heterocycles. The molecular weight excluding hydrogens is 290 g/mol. The number of rotatable bonds is 5. The Balaban J connectivity index is 1.82. The summed E-state index contributed by atoms with van der Waals surface area (Å²) in [6.45, 7) is 3.25. The molecule has 3 aromatic rings. The molecule has 1 N–H and O–H groups in total. The zero-order chi connectivity index (χ0) is 16.2. The number of ether oxygens (including phenoxy) is 1. The van der Waals surface area contributed by atoms with Crippen LogP contribution in [0.25, 0.3) is 11.0 Å². The predicted octanol–water partition coefficient (Wildman–Crippen LogP) is 2.99. The van der Waals surface area contributed by atoms with Gasteiger partial charge in [0.15, 0.2) is 0 Å². The average molecular weight is 309 g/mol. The maximum atomic E-state index is 12.4. The van der Waals surface area contributed by atoms with Crippen molar-refractivity contribution in [3.8, 4) is 5.75 Å². The fourth-order valence-electron chi connectivity index (χ4n) is 2.70. The molecule has 0 aliphatic rings. The van der Waals surface area contributed by atoms with Crippen molar-refractivity contribution >= 4 is 16.9 Å². The van der Waals surface area contributed by atoms with Crippen LogP contribution < -0.4 is 10.1 Å². The number of aromatic nitrogens is 2. The van der Waals surface area contributed by atoms with Crippen molar-refractivity contribution in [1.29, 1.82) is 0 Å². The molecular formula is C18H19N3O2. The number of para-hydroxylation sites is 3. The number of aryl methyl sites for hydroxylation is 1. The Morgan fingerprint density at radius 2 is 1.91 bits per heavy atom. The van der Waals surface area contributed by atoms with Crippen LogP contribution in [0.15, 0.2) is 48.5 Å².